The maximum atomic E-state index is 13.1. The molecule has 1 unspecified atom stereocenters. The number of imidazole rings is 1. The Morgan fingerprint density at radius 1 is 1.17 bits per heavy atom. The molecule has 8 heteroatoms. The van der Waals surface area contributed by atoms with Crippen LogP contribution >= 0.6 is 11.6 Å². The van der Waals surface area contributed by atoms with Gasteiger partial charge in [0.15, 0.2) is 0 Å². The Hall–Kier alpha value is -3.47. The van der Waals surface area contributed by atoms with E-state index in [2.05, 4.69) is 21.7 Å². The summed E-state index contributed by atoms with van der Waals surface area (Å²) in [6, 6.07) is 16.0. The molecule has 7 nitrogen and oxygen atoms in total. The first-order chi connectivity index (χ1) is 17.3. The average molecular weight is 506 g/mol. The fourth-order valence-electron chi connectivity index (χ4n) is 4.11. The Morgan fingerprint density at radius 2 is 1.89 bits per heavy atom. The minimum Gasteiger partial charge on any atom is -0.351 e. The number of nitrogens with one attached hydrogen (secondary N) is 2. The van der Waals surface area contributed by atoms with Crippen molar-refractivity contribution in [2.75, 3.05) is 0 Å². The average Bonchev–Trinajstić information content (AvgIpc) is 3.30. The molecule has 2 N–H and O–H groups in total. The number of Topliss-reactive ketones (excluding diaryl/α,β-unsaturated/α-hetero) is 1. The lowest BCUT2D eigenvalue weighted by Crippen LogP contribution is -2.56. The molecule has 0 aliphatic heterocycles. The van der Waals surface area contributed by atoms with E-state index < -0.39 is 6.04 Å². The molecule has 0 aliphatic carbocycles. The molecular weight excluding hydrogens is 474 g/mol. The van der Waals surface area contributed by atoms with E-state index in [1.165, 1.54) is 0 Å². The number of carbonyl (C=O) groups is 2. The topological polar surface area (TPSA) is 99.8 Å². The fourth-order valence-corrected chi connectivity index (χ4v) is 4.32. The molecule has 3 rings (SSSR count). The van der Waals surface area contributed by atoms with Crippen LogP contribution in [0, 0.1) is 17.2 Å². The number of rotatable bonds is 12. The third kappa shape index (κ3) is 7.27. The molecule has 0 spiro atoms. The summed E-state index contributed by atoms with van der Waals surface area (Å²) in [5.41, 5.74) is 3.27. The number of nitriles is 1. The molecule has 2 aromatic carbocycles. The molecule has 0 fully saturated rings. The van der Waals surface area contributed by atoms with Crippen molar-refractivity contribution in [1.29, 1.82) is 5.26 Å². The monoisotopic (exact) mass is 505 g/mol. The highest BCUT2D eigenvalue weighted by Gasteiger charge is 2.31. The summed E-state index contributed by atoms with van der Waals surface area (Å²) in [6.07, 6.45) is 4.31. The Kier molecular flexibility index (Phi) is 9.80. The predicted molar refractivity (Wildman–Crippen MR) is 140 cm³/mol. The van der Waals surface area contributed by atoms with Gasteiger partial charge in [0.05, 0.1) is 36.5 Å². The number of hydrogen-bond acceptors (Lipinski definition) is 5. The van der Waals surface area contributed by atoms with Crippen LogP contribution in [0.2, 0.25) is 5.02 Å². The van der Waals surface area contributed by atoms with Gasteiger partial charge < -0.3 is 15.2 Å². The number of nitrogens with zero attached hydrogens (tertiary/aromatic N) is 3. The van der Waals surface area contributed by atoms with Gasteiger partial charge in [0, 0.05) is 30.0 Å². The van der Waals surface area contributed by atoms with Crippen LogP contribution in [-0.2, 0) is 29.1 Å². The van der Waals surface area contributed by atoms with Crippen molar-refractivity contribution >= 4 is 23.3 Å². The van der Waals surface area contributed by atoms with E-state index in [-0.39, 0.29) is 30.1 Å². The second-order valence-corrected chi connectivity index (χ2v) is 9.45. The first kappa shape index (κ1) is 27.1. The van der Waals surface area contributed by atoms with Crippen molar-refractivity contribution in [3.05, 3.63) is 88.5 Å². The van der Waals surface area contributed by atoms with E-state index in [1.807, 2.05) is 54.8 Å². The van der Waals surface area contributed by atoms with E-state index in [0.29, 0.717) is 23.7 Å². The number of halogens is 1. The molecule has 0 aliphatic rings. The summed E-state index contributed by atoms with van der Waals surface area (Å²) < 4.78 is 1.91. The molecule has 3 atom stereocenters. The van der Waals surface area contributed by atoms with Gasteiger partial charge in [-0.05, 0) is 42.2 Å². The maximum absolute atomic E-state index is 13.1. The predicted octanol–water partition coefficient (Wildman–Crippen LogP) is 4.28. The van der Waals surface area contributed by atoms with Gasteiger partial charge in [-0.15, -0.1) is 0 Å². The molecular formula is C28H32ClN5O2. The molecule has 1 amide bonds. The molecule has 36 heavy (non-hydrogen) atoms. The van der Waals surface area contributed by atoms with Crippen molar-refractivity contribution in [1.82, 2.24) is 20.2 Å². The lowest BCUT2D eigenvalue weighted by atomic mass is 9.90. The van der Waals surface area contributed by atoms with Gasteiger partial charge in [0.25, 0.3) is 0 Å². The van der Waals surface area contributed by atoms with E-state index >= 15 is 0 Å². The van der Waals surface area contributed by atoms with Crippen LogP contribution in [0.25, 0.3) is 0 Å². The maximum Gasteiger partial charge on any atom is 0.226 e. The van der Waals surface area contributed by atoms with Crippen molar-refractivity contribution < 1.29 is 9.59 Å². The normalized spacial score (nSPS) is 13.4. The molecule has 188 valence electrons. The van der Waals surface area contributed by atoms with Crippen LogP contribution in [-0.4, -0.2) is 33.3 Å². The van der Waals surface area contributed by atoms with E-state index in [9.17, 15) is 9.59 Å². The summed E-state index contributed by atoms with van der Waals surface area (Å²) >= 11 is 6.29. The summed E-state index contributed by atoms with van der Waals surface area (Å²) in [6.45, 7) is 6.58. The highest BCUT2D eigenvalue weighted by atomic mass is 35.5. The lowest BCUT2D eigenvalue weighted by Gasteiger charge is -2.32. The Morgan fingerprint density at radius 3 is 2.53 bits per heavy atom. The quantitative estimate of drug-likeness (QED) is 0.383. The van der Waals surface area contributed by atoms with Gasteiger partial charge in [-0.1, -0.05) is 62.2 Å². The lowest BCUT2D eigenvalue weighted by molar-refractivity contribution is -0.123. The molecule has 0 saturated heterocycles. The second-order valence-electron chi connectivity index (χ2n) is 9.04. The van der Waals surface area contributed by atoms with Crippen LogP contribution in [0.1, 0.15) is 49.6 Å². The first-order valence-corrected chi connectivity index (χ1v) is 12.4. The number of hydrogen-bond donors (Lipinski definition) is 2. The Bertz CT molecular complexity index is 1220. The minimum absolute atomic E-state index is 0.0430. The van der Waals surface area contributed by atoms with Gasteiger partial charge >= 0.3 is 0 Å². The van der Waals surface area contributed by atoms with Crippen LogP contribution in [0.3, 0.4) is 0 Å². The highest BCUT2D eigenvalue weighted by molar-refractivity contribution is 6.31. The third-order valence-corrected chi connectivity index (χ3v) is 6.80. The Balaban J connectivity index is 1.70. The number of amides is 1. The molecule has 0 bridgehead atoms. The molecule has 1 heterocycles. The van der Waals surface area contributed by atoms with Crippen molar-refractivity contribution in [3.8, 4) is 6.07 Å². The first-order valence-electron chi connectivity index (χ1n) is 12.1. The van der Waals surface area contributed by atoms with Crippen LogP contribution in [0.4, 0.5) is 0 Å². The highest BCUT2D eigenvalue weighted by Crippen LogP contribution is 2.18. The van der Waals surface area contributed by atoms with Crippen molar-refractivity contribution in [2.45, 2.75) is 58.8 Å². The van der Waals surface area contributed by atoms with Crippen LogP contribution in [0.5, 0.6) is 0 Å². The minimum atomic E-state index is -0.552. The number of aromatic nitrogens is 2. The number of benzene rings is 2. The van der Waals surface area contributed by atoms with Crippen molar-refractivity contribution in [2.24, 2.45) is 5.92 Å². The van der Waals surface area contributed by atoms with E-state index in [1.54, 1.807) is 31.6 Å². The van der Waals surface area contributed by atoms with E-state index in [0.717, 1.165) is 23.2 Å². The van der Waals surface area contributed by atoms with Crippen LogP contribution < -0.4 is 10.6 Å². The summed E-state index contributed by atoms with van der Waals surface area (Å²) in [7, 11) is 0. The second kappa shape index (κ2) is 13.0. The van der Waals surface area contributed by atoms with Crippen LogP contribution in [0.15, 0.2) is 61.1 Å². The molecule has 3 aromatic rings. The fraction of sp³-hybridized carbons (Fsp3) is 0.357. The third-order valence-electron chi connectivity index (χ3n) is 6.43. The zero-order chi connectivity index (χ0) is 26.1. The number of ketones is 1. The van der Waals surface area contributed by atoms with Gasteiger partial charge in [-0.25, -0.2) is 4.98 Å². The largest absolute Gasteiger partial charge is 0.351 e. The van der Waals surface area contributed by atoms with Gasteiger partial charge in [0.1, 0.15) is 5.78 Å². The number of carbonyl (C=O) groups excluding carboxylic acids is 2. The van der Waals surface area contributed by atoms with Gasteiger partial charge in [-0.3, -0.25) is 9.59 Å². The molecule has 1 aromatic heterocycles. The Labute approximate surface area is 217 Å². The van der Waals surface area contributed by atoms with Crippen molar-refractivity contribution in [3.63, 3.8) is 0 Å². The van der Waals surface area contributed by atoms with Gasteiger partial charge in [-0.2, -0.15) is 5.26 Å². The zero-order valence-electron chi connectivity index (χ0n) is 20.9. The summed E-state index contributed by atoms with van der Waals surface area (Å²) in [5, 5.41) is 16.1. The smallest absolute Gasteiger partial charge is 0.226 e. The SMILES string of the molecule is CC[C@H](C)[C@H](NC(=O)Cc1cncn1Cc1ccc(C#N)cc1)C(NCc1ccccc1Cl)C(C)=O. The summed E-state index contributed by atoms with van der Waals surface area (Å²) in [4.78, 5) is 30.0. The molecule has 0 radical (unpaired) electrons. The standard InChI is InChI=1S/C28H32ClN5O2/c1-4-19(2)27(28(20(3)35)32-15-23-7-5-6-8-25(23)29)33-26(36)13-24-16-31-18-34(24)17-22-11-9-21(14-30)10-12-22/h5-12,16,18-19,27-28,32H,4,13,15,17H2,1-3H3,(H,33,36)/t19-,27-,28?/m0/s1. The molecule has 0 saturated carbocycles. The zero-order valence-corrected chi connectivity index (χ0v) is 21.6. The summed E-state index contributed by atoms with van der Waals surface area (Å²) in [5.74, 6) is -0.142. The van der Waals surface area contributed by atoms with E-state index in [4.69, 9.17) is 16.9 Å². The van der Waals surface area contributed by atoms with Gasteiger partial charge in [0.2, 0.25) is 5.91 Å².